The maximum absolute atomic E-state index is 11.4. The van der Waals surface area contributed by atoms with Crippen LogP contribution in [0.15, 0.2) is 18.7 Å². The molecule has 17 heavy (non-hydrogen) atoms. The predicted octanol–water partition coefficient (Wildman–Crippen LogP) is -1.59. The summed E-state index contributed by atoms with van der Waals surface area (Å²) >= 11 is 0. The number of hydrogen-bond donors (Lipinski definition) is 3. The van der Waals surface area contributed by atoms with E-state index in [0.29, 0.717) is 0 Å². The van der Waals surface area contributed by atoms with Crippen LogP contribution in [0.5, 0.6) is 0 Å². The third kappa shape index (κ3) is 4.69. The van der Waals surface area contributed by atoms with Gasteiger partial charge in [-0.15, -0.1) is 0 Å². The molecule has 0 aliphatic rings. The highest BCUT2D eigenvalue weighted by Gasteiger charge is 2.08. The lowest BCUT2D eigenvalue weighted by molar-refractivity contribution is -0.137. The van der Waals surface area contributed by atoms with Gasteiger partial charge in [0, 0.05) is 12.4 Å². The van der Waals surface area contributed by atoms with Gasteiger partial charge >= 0.3 is 5.97 Å². The van der Waals surface area contributed by atoms with Gasteiger partial charge in [-0.25, -0.2) is 9.97 Å². The van der Waals surface area contributed by atoms with Gasteiger partial charge in [-0.3, -0.25) is 14.4 Å². The molecule has 8 nitrogen and oxygen atoms in total. The van der Waals surface area contributed by atoms with E-state index in [-0.39, 0.29) is 12.1 Å². The Morgan fingerprint density at radius 3 is 2.35 bits per heavy atom. The van der Waals surface area contributed by atoms with E-state index in [1.165, 1.54) is 18.7 Å². The van der Waals surface area contributed by atoms with Crippen molar-refractivity contribution in [2.75, 3.05) is 13.1 Å². The van der Waals surface area contributed by atoms with Crippen molar-refractivity contribution in [3.8, 4) is 0 Å². The Kier molecular flexibility index (Phi) is 4.55. The van der Waals surface area contributed by atoms with Gasteiger partial charge in [-0.05, 0) is 0 Å². The van der Waals surface area contributed by atoms with E-state index >= 15 is 0 Å². The number of carbonyl (C=O) groups excluding carboxylic acids is 2. The van der Waals surface area contributed by atoms with Crippen LogP contribution in [-0.4, -0.2) is 45.9 Å². The van der Waals surface area contributed by atoms with Crippen molar-refractivity contribution in [3.05, 3.63) is 24.3 Å². The van der Waals surface area contributed by atoms with Crippen LogP contribution >= 0.6 is 0 Å². The van der Waals surface area contributed by atoms with Gasteiger partial charge in [0.25, 0.3) is 5.91 Å². The van der Waals surface area contributed by atoms with Gasteiger partial charge in [0.15, 0.2) is 0 Å². The van der Waals surface area contributed by atoms with Crippen LogP contribution in [0.1, 0.15) is 10.4 Å². The minimum absolute atomic E-state index is 0.221. The number of nitrogens with one attached hydrogen (secondary N) is 2. The zero-order valence-corrected chi connectivity index (χ0v) is 8.71. The summed E-state index contributed by atoms with van der Waals surface area (Å²) in [6.07, 6.45) is 3.88. The molecule has 0 unspecified atom stereocenters. The molecule has 0 atom stereocenters. The quantitative estimate of drug-likeness (QED) is 0.568. The lowest BCUT2D eigenvalue weighted by Gasteiger charge is -2.04. The molecular weight excluding hydrogens is 228 g/mol. The highest BCUT2D eigenvalue weighted by molar-refractivity contribution is 5.96. The number of carboxylic acid groups (broad SMARTS) is 1. The van der Waals surface area contributed by atoms with Crippen LogP contribution in [0.4, 0.5) is 0 Å². The summed E-state index contributed by atoms with van der Waals surface area (Å²) in [7, 11) is 0. The third-order valence-electron chi connectivity index (χ3n) is 1.67. The minimum atomic E-state index is -1.15. The van der Waals surface area contributed by atoms with Crippen molar-refractivity contribution < 1.29 is 19.5 Å². The van der Waals surface area contributed by atoms with Crippen molar-refractivity contribution in [1.82, 2.24) is 20.6 Å². The predicted molar refractivity (Wildman–Crippen MR) is 55.0 cm³/mol. The summed E-state index contributed by atoms with van der Waals surface area (Å²) in [5, 5.41) is 12.7. The molecule has 1 aromatic heterocycles. The van der Waals surface area contributed by atoms with Crippen LogP contribution in [0, 0.1) is 0 Å². The fourth-order valence-electron chi connectivity index (χ4n) is 0.916. The molecule has 0 aliphatic heterocycles. The molecule has 0 saturated carbocycles. The first-order valence-corrected chi connectivity index (χ1v) is 4.61. The second-order valence-electron chi connectivity index (χ2n) is 2.98. The first kappa shape index (κ1) is 12.6. The average molecular weight is 238 g/mol. The van der Waals surface area contributed by atoms with E-state index in [4.69, 9.17) is 5.11 Å². The summed E-state index contributed by atoms with van der Waals surface area (Å²) in [4.78, 5) is 39.9. The van der Waals surface area contributed by atoms with Gasteiger partial charge < -0.3 is 15.7 Å². The number of aromatic nitrogens is 2. The number of hydrogen-bond acceptors (Lipinski definition) is 5. The molecule has 1 aromatic rings. The number of carboxylic acids is 1. The maximum Gasteiger partial charge on any atom is 0.322 e. The highest BCUT2D eigenvalue weighted by Crippen LogP contribution is 1.91. The van der Waals surface area contributed by atoms with Crippen LogP contribution in [0.2, 0.25) is 0 Å². The molecule has 0 bridgehead atoms. The molecule has 0 aliphatic carbocycles. The Morgan fingerprint density at radius 1 is 1.12 bits per heavy atom. The van der Waals surface area contributed by atoms with E-state index in [9.17, 15) is 14.4 Å². The summed E-state index contributed by atoms with van der Waals surface area (Å²) in [6, 6.07) is 0. The van der Waals surface area contributed by atoms with Crippen LogP contribution in [0.3, 0.4) is 0 Å². The second-order valence-corrected chi connectivity index (χ2v) is 2.98. The van der Waals surface area contributed by atoms with Crippen molar-refractivity contribution >= 4 is 17.8 Å². The van der Waals surface area contributed by atoms with Crippen molar-refractivity contribution in [2.24, 2.45) is 0 Å². The molecule has 0 spiro atoms. The number of aliphatic carboxylic acids is 1. The van der Waals surface area contributed by atoms with E-state index in [0.717, 1.165) is 0 Å². The summed E-state index contributed by atoms with van der Waals surface area (Å²) in [6.45, 7) is -0.788. The van der Waals surface area contributed by atoms with E-state index in [1.54, 1.807) is 0 Å². The molecule has 0 radical (unpaired) electrons. The van der Waals surface area contributed by atoms with Gasteiger partial charge in [0.1, 0.15) is 12.9 Å². The number of rotatable bonds is 5. The van der Waals surface area contributed by atoms with Crippen molar-refractivity contribution in [1.29, 1.82) is 0 Å². The molecule has 8 heteroatoms. The van der Waals surface area contributed by atoms with Crippen LogP contribution in [0.25, 0.3) is 0 Å². The first-order valence-electron chi connectivity index (χ1n) is 4.61. The van der Waals surface area contributed by atoms with E-state index in [2.05, 4.69) is 20.6 Å². The Bertz CT molecular complexity index is 420. The molecular formula is C9H10N4O4. The molecule has 1 rings (SSSR count). The minimum Gasteiger partial charge on any atom is -0.480 e. The van der Waals surface area contributed by atoms with Gasteiger partial charge in [-0.2, -0.15) is 0 Å². The smallest absolute Gasteiger partial charge is 0.322 e. The standard InChI is InChI=1S/C9H10N4O4/c14-7(12-4-8(15)16)3-13-9(17)6-1-10-5-11-2-6/h1-2,5H,3-4H2,(H,12,14)(H,13,17)(H,15,16). The van der Waals surface area contributed by atoms with E-state index in [1.807, 2.05) is 0 Å². The zero-order chi connectivity index (χ0) is 12.7. The molecule has 1 heterocycles. The second kappa shape index (κ2) is 6.16. The molecule has 0 saturated heterocycles. The largest absolute Gasteiger partial charge is 0.480 e. The fraction of sp³-hybridized carbons (Fsp3) is 0.222. The van der Waals surface area contributed by atoms with Crippen LogP contribution in [-0.2, 0) is 9.59 Å². The topological polar surface area (TPSA) is 121 Å². The molecule has 2 amide bonds. The normalized spacial score (nSPS) is 9.41. The lowest BCUT2D eigenvalue weighted by atomic mass is 10.3. The molecule has 3 N–H and O–H groups in total. The van der Waals surface area contributed by atoms with Crippen molar-refractivity contribution in [2.45, 2.75) is 0 Å². The van der Waals surface area contributed by atoms with Crippen LogP contribution < -0.4 is 10.6 Å². The maximum atomic E-state index is 11.4. The monoisotopic (exact) mass is 238 g/mol. The van der Waals surface area contributed by atoms with Gasteiger partial charge in [0.2, 0.25) is 5.91 Å². The Morgan fingerprint density at radius 2 is 1.76 bits per heavy atom. The Balaban J connectivity index is 2.34. The number of amides is 2. The highest BCUT2D eigenvalue weighted by atomic mass is 16.4. The Hall–Kier alpha value is -2.51. The lowest BCUT2D eigenvalue weighted by Crippen LogP contribution is -2.39. The van der Waals surface area contributed by atoms with Gasteiger partial charge in [0.05, 0.1) is 12.1 Å². The molecule has 0 fully saturated rings. The zero-order valence-electron chi connectivity index (χ0n) is 8.71. The first-order chi connectivity index (χ1) is 8.09. The summed E-state index contributed by atoms with van der Waals surface area (Å²) < 4.78 is 0. The molecule has 0 aromatic carbocycles. The fourth-order valence-corrected chi connectivity index (χ4v) is 0.916. The summed E-state index contributed by atoms with van der Waals surface area (Å²) in [5.74, 6) is -2.24. The van der Waals surface area contributed by atoms with E-state index < -0.39 is 24.3 Å². The summed E-state index contributed by atoms with van der Waals surface area (Å²) in [5.41, 5.74) is 0.221. The third-order valence-corrected chi connectivity index (χ3v) is 1.67. The van der Waals surface area contributed by atoms with Crippen molar-refractivity contribution in [3.63, 3.8) is 0 Å². The number of carbonyl (C=O) groups is 3. The molecule has 90 valence electrons. The Labute approximate surface area is 96.1 Å². The number of nitrogens with zero attached hydrogens (tertiary/aromatic N) is 2. The van der Waals surface area contributed by atoms with Gasteiger partial charge in [-0.1, -0.05) is 0 Å². The SMILES string of the molecule is O=C(O)CNC(=O)CNC(=O)c1cncnc1. The average Bonchev–Trinajstić information content (AvgIpc) is 2.34.